The molecule has 0 fully saturated rings. The standard InChI is InChI=1S/C53H98NO10P/c1-3-5-7-9-11-13-15-17-19-21-23-24-25-26-27-28-30-32-34-36-38-40-42-44-51(56)54-50(53(58)59)48-64-65(60,61)63-47-49(55)46-62-52(57)45-43-41-39-37-35-33-31-29-22-20-18-16-14-12-10-8-6-4-2/h11,13,17,19,23-24,49-50,55H,3-10,12,14-16,18,20-22,25-48H2,1-2H3,(H,54,56)(H,58,59)(H,60,61)/b13-11-,19-17-,24-23-. The monoisotopic (exact) mass is 940 g/mol. The number of carbonyl (C=O) groups is 3. The quantitative estimate of drug-likeness (QED) is 0.0199. The van der Waals surface area contributed by atoms with Gasteiger partial charge in [-0.3, -0.25) is 18.6 Å². The molecule has 65 heavy (non-hydrogen) atoms. The van der Waals surface area contributed by atoms with Crippen molar-refractivity contribution in [2.45, 2.75) is 264 Å². The van der Waals surface area contributed by atoms with Crippen molar-refractivity contribution in [1.82, 2.24) is 5.32 Å². The van der Waals surface area contributed by atoms with Gasteiger partial charge < -0.3 is 25.2 Å². The summed E-state index contributed by atoms with van der Waals surface area (Å²) in [4.78, 5) is 46.2. The van der Waals surface area contributed by atoms with E-state index >= 15 is 0 Å². The molecular weight excluding hydrogens is 842 g/mol. The molecule has 0 heterocycles. The van der Waals surface area contributed by atoms with Gasteiger partial charge in [0.1, 0.15) is 12.7 Å². The molecule has 0 spiro atoms. The Bertz CT molecular complexity index is 1240. The van der Waals surface area contributed by atoms with Crippen molar-refractivity contribution < 1.29 is 47.8 Å². The van der Waals surface area contributed by atoms with Crippen molar-refractivity contribution in [1.29, 1.82) is 0 Å². The molecule has 0 aliphatic carbocycles. The predicted octanol–water partition coefficient (Wildman–Crippen LogP) is 14.7. The van der Waals surface area contributed by atoms with E-state index in [2.05, 4.69) is 55.6 Å². The highest BCUT2D eigenvalue weighted by atomic mass is 31.2. The van der Waals surface area contributed by atoms with E-state index in [4.69, 9.17) is 13.8 Å². The highest BCUT2D eigenvalue weighted by molar-refractivity contribution is 7.47. The summed E-state index contributed by atoms with van der Waals surface area (Å²) in [7, 11) is -4.76. The van der Waals surface area contributed by atoms with Crippen molar-refractivity contribution in [3.05, 3.63) is 36.5 Å². The lowest BCUT2D eigenvalue weighted by Gasteiger charge is -2.18. The second kappa shape index (κ2) is 48.2. The SMILES string of the molecule is CCCCC/C=C\C/C=C\C/C=C\CCCCCCCCCCCCC(=O)NC(COP(=O)(O)OCC(O)COC(=O)CCCCCCCCCCCCCCCCCCCC)C(=O)O. The van der Waals surface area contributed by atoms with Gasteiger partial charge in [-0.2, -0.15) is 0 Å². The Kier molecular flexibility index (Phi) is 46.5. The Balaban J connectivity index is 3.81. The zero-order valence-corrected chi connectivity index (χ0v) is 42.4. The molecule has 0 saturated heterocycles. The van der Waals surface area contributed by atoms with Gasteiger partial charge in [0.15, 0.2) is 6.04 Å². The van der Waals surface area contributed by atoms with E-state index in [-0.39, 0.29) is 12.8 Å². The normalized spacial score (nSPS) is 13.8. The van der Waals surface area contributed by atoms with Crippen LogP contribution in [0.15, 0.2) is 36.5 Å². The zero-order valence-electron chi connectivity index (χ0n) is 41.5. The predicted molar refractivity (Wildman–Crippen MR) is 268 cm³/mol. The third-order valence-electron chi connectivity index (χ3n) is 11.7. The highest BCUT2D eigenvalue weighted by Gasteiger charge is 2.28. The molecule has 0 saturated carbocycles. The molecule has 3 unspecified atom stereocenters. The number of amides is 1. The van der Waals surface area contributed by atoms with Crippen LogP contribution in [0.3, 0.4) is 0 Å². The number of carboxylic acids is 1. The number of hydrogen-bond acceptors (Lipinski definition) is 8. The Hall–Kier alpha value is -2.30. The van der Waals surface area contributed by atoms with Crippen LogP contribution in [0.4, 0.5) is 0 Å². The summed E-state index contributed by atoms with van der Waals surface area (Å²) in [5.41, 5.74) is 0. The van der Waals surface area contributed by atoms with Crippen LogP contribution in [-0.2, 0) is 32.7 Å². The maximum Gasteiger partial charge on any atom is 0.472 e. The Morgan fingerprint density at radius 3 is 1.29 bits per heavy atom. The molecule has 1 amide bonds. The fraction of sp³-hybridized carbons (Fsp3) is 0.830. The maximum atomic E-state index is 12.4. The van der Waals surface area contributed by atoms with E-state index in [1.165, 1.54) is 148 Å². The van der Waals surface area contributed by atoms with Gasteiger partial charge in [-0.1, -0.05) is 224 Å². The van der Waals surface area contributed by atoms with Crippen molar-refractivity contribution in [2.24, 2.45) is 0 Å². The molecule has 3 atom stereocenters. The van der Waals surface area contributed by atoms with Crippen LogP contribution in [0.5, 0.6) is 0 Å². The summed E-state index contributed by atoms with van der Waals surface area (Å²) in [6.45, 7) is 2.61. The molecule has 0 aliphatic rings. The van der Waals surface area contributed by atoms with Crippen LogP contribution in [0.25, 0.3) is 0 Å². The topological polar surface area (TPSA) is 169 Å². The van der Waals surface area contributed by atoms with Gasteiger partial charge in [0.05, 0.1) is 13.2 Å². The van der Waals surface area contributed by atoms with Gasteiger partial charge in [-0.25, -0.2) is 9.36 Å². The molecule has 0 radical (unpaired) electrons. The first-order chi connectivity index (χ1) is 31.6. The van der Waals surface area contributed by atoms with E-state index in [9.17, 15) is 34.1 Å². The Morgan fingerprint density at radius 2 is 0.846 bits per heavy atom. The summed E-state index contributed by atoms with van der Waals surface area (Å²) in [5, 5.41) is 21.9. The lowest BCUT2D eigenvalue weighted by molar-refractivity contribution is -0.147. The largest absolute Gasteiger partial charge is 0.480 e. The Morgan fingerprint density at radius 1 is 0.492 bits per heavy atom. The van der Waals surface area contributed by atoms with E-state index in [0.717, 1.165) is 64.2 Å². The van der Waals surface area contributed by atoms with Gasteiger partial charge >= 0.3 is 19.8 Å². The van der Waals surface area contributed by atoms with Crippen LogP contribution in [0, 0.1) is 0 Å². The van der Waals surface area contributed by atoms with Crippen molar-refractivity contribution in [2.75, 3.05) is 19.8 Å². The number of aliphatic hydroxyl groups is 1. The average Bonchev–Trinajstić information content (AvgIpc) is 3.28. The molecule has 0 aliphatic heterocycles. The smallest absolute Gasteiger partial charge is 0.472 e. The van der Waals surface area contributed by atoms with Gasteiger partial charge in [0.25, 0.3) is 0 Å². The Labute approximate surface area is 397 Å². The number of phosphoric acid groups is 1. The van der Waals surface area contributed by atoms with Crippen molar-refractivity contribution in [3.8, 4) is 0 Å². The van der Waals surface area contributed by atoms with E-state index in [1.807, 2.05) is 0 Å². The first-order valence-corrected chi connectivity index (χ1v) is 28.0. The second-order valence-corrected chi connectivity index (χ2v) is 19.5. The second-order valence-electron chi connectivity index (χ2n) is 18.1. The van der Waals surface area contributed by atoms with Crippen molar-refractivity contribution >= 4 is 25.7 Å². The molecule has 4 N–H and O–H groups in total. The van der Waals surface area contributed by atoms with Gasteiger partial charge in [-0.05, 0) is 51.4 Å². The molecule has 380 valence electrons. The number of carboxylic acid groups (broad SMARTS) is 1. The summed E-state index contributed by atoms with van der Waals surface area (Å²) in [6, 6.07) is -1.55. The van der Waals surface area contributed by atoms with Gasteiger partial charge in [0.2, 0.25) is 5.91 Å². The minimum absolute atomic E-state index is 0.142. The first-order valence-electron chi connectivity index (χ1n) is 26.5. The number of unbranched alkanes of at least 4 members (excludes halogenated alkanes) is 30. The average molecular weight is 940 g/mol. The van der Waals surface area contributed by atoms with Gasteiger partial charge in [0, 0.05) is 12.8 Å². The van der Waals surface area contributed by atoms with E-state index in [1.54, 1.807) is 0 Å². The number of aliphatic carboxylic acids is 1. The zero-order chi connectivity index (χ0) is 47.7. The highest BCUT2D eigenvalue weighted by Crippen LogP contribution is 2.43. The lowest BCUT2D eigenvalue weighted by Crippen LogP contribution is -2.43. The number of carbonyl (C=O) groups excluding carboxylic acids is 2. The number of esters is 1. The maximum absolute atomic E-state index is 12.4. The number of ether oxygens (including phenoxy) is 1. The third kappa shape index (κ3) is 48.0. The molecule has 11 nitrogen and oxygen atoms in total. The molecule has 0 aromatic rings. The van der Waals surface area contributed by atoms with Crippen molar-refractivity contribution in [3.63, 3.8) is 0 Å². The van der Waals surface area contributed by atoms with Crippen LogP contribution in [-0.4, -0.2) is 64.9 Å². The summed E-state index contributed by atoms with van der Waals surface area (Å²) < 4.78 is 27.0. The fourth-order valence-electron chi connectivity index (χ4n) is 7.56. The molecule has 12 heteroatoms. The van der Waals surface area contributed by atoms with Crippen LogP contribution in [0.2, 0.25) is 0 Å². The molecule has 0 rings (SSSR count). The summed E-state index contributed by atoms with van der Waals surface area (Å²) >= 11 is 0. The van der Waals surface area contributed by atoms with Crippen LogP contribution in [0.1, 0.15) is 251 Å². The summed E-state index contributed by atoms with van der Waals surface area (Å²) in [5.74, 6) is -2.36. The number of allylic oxidation sites excluding steroid dienone is 6. The lowest BCUT2D eigenvalue weighted by atomic mass is 10.0. The minimum atomic E-state index is -4.76. The number of hydrogen-bond donors (Lipinski definition) is 4. The third-order valence-corrected chi connectivity index (χ3v) is 12.6. The van der Waals surface area contributed by atoms with Crippen LogP contribution >= 0.6 is 7.82 Å². The number of nitrogens with one attached hydrogen (secondary N) is 1. The fourth-order valence-corrected chi connectivity index (χ4v) is 8.33. The number of aliphatic hydroxyl groups excluding tert-OH is 1. The molecule has 0 bridgehead atoms. The minimum Gasteiger partial charge on any atom is -0.480 e. The van der Waals surface area contributed by atoms with E-state index in [0.29, 0.717) is 12.8 Å². The van der Waals surface area contributed by atoms with E-state index < -0.39 is 57.6 Å². The van der Waals surface area contributed by atoms with Crippen LogP contribution < -0.4 is 5.32 Å². The first kappa shape index (κ1) is 62.7. The number of phosphoric ester groups is 1. The molecular formula is C53H98NO10P. The summed E-state index contributed by atoms with van der Waals surface area (Å²) in [6.07, 6.45) is 54.5. The molecule has 0 aromatic heterocycles. The molecule has 0 aromatic carbocycles. The number of rotatable bonds is 50. The van der Waals surface area contributed by atoms with Gasteiger partial charge in [-0.15, -0.1) is 0 Å².